The van der Waals surface area contributed by atoms with E-state index in [0.717, 1.165) is 16.8 Å². The summed E-state index contributed by atoms with van der Waals surface area (Å²) in [5.74, 6) is 0.0504. The maximum atomic E-state index is 10.4. The standard InChI is InChI=1S/C18H26N2O2/c1-6-14-12(3)17(21)11(2)9-18(14,10-19)15-7-8-16(22-5)20-13(15)4/h6-8,11-12,16-17,20-21H,9H2,1-5H3/b14-6+/t11?,12-,16?,17-,18+/m0/s1. The zero-order chi connectivity index (χ0) is 16.5. The van der Waals surface area contributed by atoms with Gasteiger partial charge in [0.25, 0.3) is 0 Å². The molecule has 120 valence electrons. The summed E-state index contributed by atoms with van der Waals surface area (Å²) in [6.45, 7) is 7.97. The lowest BCUT2D eigenvalue weighted by molar-refractivity contribution is 0.0364. The molecule has 4 heteroatoms. The molecule has 2 aliphatic rings. The van der Waals surface area contributed by atoms with Crippen LogP contribution < -0.4 is 5.32 Å². The molecule has 4 nitrogen and oxygen atoms in total. The van der Waals surface area contributed by atoms with Gasteiger partial charge in [0, 0.05) is 18.7 Å². The van der Waals surface area contributed by atoms with Crippen molar-refractivity contribution < 1.29 is 9.84 Å². The zero-order valence-electron chi connectivity index (χ0n) is 14.1. The van der Waals surface area contributed by atoms with E-state index < -0.39 is 11.5 Å². The largest absolute Gasteiger partial charge is 0.392 e. The first kappa shape index (κ1) is 16.8. The molecule has 2 N–H and O–H groups in total. The van der Waals surface area contributed by atoms with E-state index in [1.807, 2.05) is 45.9 Å². The number of nitrogens with one attached hydrogen (secondary N) is 1. The van der Waals surface area contributed by atoms with Crippen molar-refractivity contribution in [3.63, 3.8) is 0 Å². The van der Waals surface area contributed by atoms with E-state index in [4.69, 9.17) is 4.74 Å². The van der Waals surface area contributed by atoms with Crippen LogP contribution >= 0.6 is 0 Å². The Labute approximate surface area is 133 Å². The van der Waals surface area contributed by atoms with E-state index >= 15 is 0 Å². The number of hydrogen-bond donors (Lipinski definition) is 2. The normalized spacial score (nSPS) is 40.5. The summed E-state index contributed by atoms with van der Waals surface area (Å²) in [6.07, 6.45) is 6.02. The van der Waals surface area contributed by atoms with Crippen LogP contribution in [0, 0.1) is 28.6 Å². The van der Waals surface area contributed by atoms with Gasteiger partial charge in [0.2, 0.25) is 0 Å². The smallest absolute Gasteiger partial charge is 0.146 e. The van der Waals surface area contributed by atoms with E-state index in [1.54, 1.807) is 7.11 Å². The highest BCUT2D eigenvalue weighted by Crippen LogP contribution is 2.52. The molecule has 5 atom stereocenters. The molecule has 0 spiro atoms. The van der Waals surface area contributed by atoms with E-state index in [2.05, 4.69) is 11.4 Å². The molecule has 2 unspecified atom stereocenters. The molecule has 0 bridgehead atoms. The van der Waals surface area contributed by atoms with Crippen LogP contribution in [0.25, 0.3) is 0 Å². The lowest BCUT2D eigenvalue weighted by Crippen LogP contribution is -2.45. The van der Waals surface area contributed by atoms with Gasteiger partial charge in [-0.2, -0.15) is 5.26 Å². The highest BCUT2D eigenvalue weighted by Gasteiger charge is 2.49. The van der Waals surface area contributed by atoms with Crippen LogP contribution in [0.15, 0.2) is 35.1 Å². The molecule has 0 amide bonds. The first-order chi connectivity index (χ1) is 10.4. The predicted molar refractivity (Wildman–Crippen MR) is 86.5 cm³/mol. The number of hydrogen-bond acceptors (Lipinski definition) is 4. The van der Waals surface area contributed by atoms with Crippen LogP contribution in [-0.2, 0) is 4.74 Å². The molecule has 1 fully saturated rings. The number of allylic oxidation sites excluding steroid dienone is 4. The number of aliphatic hydroxyl groups excluding tert-OH is 1. The Morgan fingerprint density at radius 1 is 1.50 bits per heavy atom. The van der Waals surface area contributed by atoms with Crippen LogP contribution in [0.5, 0.6) is 0 Å². The lowest BCUT2D eigenvalue weighted by atomic mass is 9.58. The van der Waals surface area contributed by atoms with Gasteiger partial charge in [0.05, 0.1) is 12.2 Å². The van der Waals surface area contributed by atoms with E-state index in [-0.39, 0.29) is 18.1 Å². The number of aliphatic hydroxyl groups is 1. The minimum atomic E-state index is -0.681. The van der Waals surface area contributed by atoms with Crippen molar-refractivity contribution in [2.24, 2.45) is 17.3 Å². The maximum Gasteiger partial charge on any atom is 0.146 e. The second-order valence-electron chi connectivity index (χ2n) is 6.42. The highest BCUT2D eigenvalue weighted by atomic mass is 16.5. The number of rotatable bonds is 2. The minimum absolute atomic E-state index is 0.0257. The first-order valence-corrected chi connectivity index (χ1v) is 7.86. The zero-order valence-corrected chi connectivity index (χ0v) is 14.1. The van der Waals surface area contributed by atoms with Crippen molar-refractivity contribution in [1.29, 1.82) is 5.26 Å². The van der Waals surface area contributed by atoms with Gasteiger partial charge in [-0.25, -0.2) is 0 Å². The molecule has 2 rings (SSSR count). The average molecular weight is 302 g/mol. The van der Waals surface area contributed by atoms with Gasteiger partial charge < -0.3 is 15.2 Å². The van der Waals surface area contributed by atoms with Crippen LogP contribution in [0.4, 0.5) is 0 Å². The molecule has 0 radical (unpaired) electrons. The molecule has 1 aliphatic carbocycles. The second-order valence-corrected chi connectivity index (χ2v) is 6.42. The van der Waals surface area contributed by atoms with Crippen molar-refractivity contribution in [2.75, 3.05) is 7.11 Å². The highest BCUT2D eigenvalue weighted by molar-refractivity contribution is 5.49. The average Bonchev–Trinajstić information content (AvgIpc) is 2.52. The third-order valence-corrected chi connectivity index (χ3v) is 5.12. The van der Waals surface area contributed by atoms with Crippen molar-refractivity contribution in [3.05, 3.63) is 35.1 Å². The Morgan fingerprint density at radius 3 is 2.68 bits per heavy atom. The number of ether oxygens (including phenoxy) is 1. The molecule has 0 saturated heterocycles. The van der Waals surface area contributed by atoms with Crippen molar-refractivity contribution in [3.8, 4) is 6.07 Å². The van der Waals surface area contributed by atoms with E-state index in [9.17, 15) is 10.4 Å². The van der Waals surface area contributed by atoms with Crippen LogP contribution in [-0.4, -0.2) is 24.5 Å². The summed E-state index contributed by atoms with van der Waals surface area (Å²) in [5.41, 5.74) is 2.28. The Morgan fingerprint density at radius 2 is 2.18 bits per heavy atom. The van der Waals surface area contributed by atoms with Crippen molar-refractivity contribution >= 4 is 0 Å². The van der Waals surface area contributed by atoms with Gasteiger partial charge in [-0.05, 0) is 43.4 Å². The Kier molecular flexibility index (Phi) is 4.79. The minimum Gasteiger partial charge on any atom is -0.392 e. The summed E-state index contributed by atoms with van der Waals surface area (Å²) in [6, 6.07) is 2.56. The fraction of sp³-hybridized carbons (Fsp3) is 0.611. The number of nitriles is 1. The summed E-state index contributed by atoms with van der Waals surface area (Å²) in [7, 11) is 1.65. The van der Waals surface area contributed by atoms with Gasteiger partial charge in [-0.1, -0.05) is 26.0 Å². The molecular weight excluding hydrogens is 276 g/mol. The third kappa shape index (κ3) is 2.49. The molecule has 22 heavy (non-hydrogen) atoms. The fourth-order valence-electron chi connectivity index (χ4n) is 3.98. The van der Waals surface area contributed by atoms with Crippen LogP contribution in [0.2, 0.25) is 0 Å². The second kappa shape index (κ2) is 6.28. The number of nitrogens with zero attached hydrogens (tertiary/aromatic N) is 1. The molecule has 0 aromatic heterocycles. The molecule has 1 heterocycles. The van der Waals surface area contributed by atoms with E-state index in [0.29, 0.717) is 6.42 Å². The molecule has 1 aliphatic heterocycles. The fourth-order valence-corrected chi connectivity index (χ4v) is 3.98. The van der Waals surface area contributed by atoms with Gasteiger partial charge in [0.1, 0.15) is 11.6 Å². The van der Waals surface area contributed by atoms with Crippen molar-refractivity contribution in [2.45, 2.75) is 46.4 Å². The predicted octanol–water partition coefficient (Wildman–Crippen LogP) is 2.89. The maximum absolute atomic E-state index is 10.4. The number of methoxy groups -OCH3 is 1. The van der Waals surface area contributed by atoms with Crippen LogP contribution in [0.3, 0.4) is 0 Å². The first-order valence-electron chi connectivity index (χ1n) is 7.86. The summed E-state index contributed by atoms with van der Waals surface area (Å²) in [4.78, 5) is 0. The van der Waals surface area contributed by atoms with E-state index in [1.165, 1.54) is 0 Å². The number of dihydropyridines is 1. The van der Waals surface area contributed by atoms with Crippen LogP contribution in [0.1, 0.15) is 34.1 Å². The van der Waals surface area contributed by atoms with Gasteiger partial charge >= 0.3 is 0 Å². The summed E-state index contributed by atoms with van der Waals surface area (Å²) in [5, 5.41) is 23.7. The van der Waals surface area contributed by atoms with Gasteiger partial charge in [-0.3, -0.25) is 0 Å². The molecule has 1 saturated carbocycles. The Hall–Kier alpha value is -1.57. The Balaban J connectivity index is 2.53. The summed E-state index contributed by atoms with van der Waals surface area (Å²) < 4.78 is 5.31. The summed E-state index contributed by atoms with van der Waals surface area (Å²) >= 11 is 0. The topological polar surface area (TPSA) is 65.3 Å². The van der Waals surface area contributed by atoms with Crippen molar-refractivity contribution in [1.82, 2.24) is 5.32 Å². The van der Waals surface area contributed by atoms with Gasteiger partial charge in [-0.15, -0.1) is 0 Å². The molecule has 0 aromatic rings. The molecule has 0 aromatic carbocycles. The Bertz CT molecular complexity index is 570. The quantitative estimate of drug-likeness (QED) is 0.770. The SMILES string of the molecule is C/C=C1\[C@H](C)[C@@H](O)C(C)C[C@]1(C#N)C1=C(C)NC(OC)C=C1. The third-order valence-electron chi connectivity index (χ3n) is 5.12. The van der Waals surface area contributed by atoms with Gasteiger partial charge in [0.15, 0.2) is 0 Å². The lowest BCUT2D eigenvalue weighted by Gasteiger charge is -2.45. The molecular formula is C18H26N2O2. The monoisotopic (exact) mass is 302 g/mol.